The number of fused-ring (bicyclic) bond motifs is 1. The smallest absolute Gasteiger partial charge is 0.231 e. The van der Waals surface area contributed by atoms with Crippen LogP contribution in [-0.4, -0.2) is 24.9 Å². The van der Waals surface area contributed by atoms with Gasteiger partial charge in [0.15, 0.2) is 11.5 Å². The van der Waals surface area contributed by atoms with E-state index in [4.69, 9.17) is 0 Å². The number of hydrogen-bond acceptors (Lipinski definition) is 6. The third-order valence-corrected chi connectivity index (χ3v) is 3.24. The molecule has 3 N–H and O–H groups in total. The molecule has 7 heteroatoms. The van der Waals surface area contributed by atoms with Crippen molar-refractivity contribution in [1.82, 2.24) is 24.9 Å². The van der Waals surface area contributed by atoms with Gasteiger partial charge in [-0.3, -0.25) is 4.98 Å². The normalized spacial score (nSPS) is 10.6. The van der Waals surface area contributed by atoms with Gasteiger partial charge in [0, 0.05) is 11.9 Å². The van der Waals surface area contributed by atoms with Crippen LogP contribution in [0.25, 0.3) is 11.2 Å². The molecule has 0 unspecified atom stereocenters. The number of imidazole rings is 1. The number of aromatic nitrogens is 5. The fourth-order valence-electron chi connectivity index (χ4n) is 2.20. The van der Waals surface area contributed by atoms with E-state index >= 15 is 0 Å². The zero-order valence-corrected chi connectivity index (χ0v) is 12.1. The molecule has 0 aliphatic rings. The lowest BCUT2D eigenvalue weighted by molar-refractivity contribution is 1.19. The predicted octanol–water partition coefficient (Wildman–Crippen LogP) is 3.24. The molecule has 0 radical (unpaired) electrons. The van der Waals surface area contributed by atoms with Crippen molar-refractivity contribution >= 4 is 34.3 Å². The monoisotopic (exact) mass is 303 g/mol. The first-order valence-electron chi connectivity index (χ1n) is 7.09. The van der Waals surface area contributed by atoms with Crippen LogP contribution in [0.15, 0.2) is 61.2 Å². The van der Waals surface area contributed by atoms with Gasteiger partial charge in [0.25, 0.3) is 0 Å². The molecule has 0 spiro atoms. The van der Waals surface area contributed by atoms with Gasteiger partial charge in [0.05, 0.1) is 18.2 Å². The second-order valence-corrected chi connectivity index (χ2v) is 4.85. The fraction of sp³-hybridized carbons (Fsp3) is 0. The lowest BCUT2D eigenvalue weighted by Crippen LogP contribution is -2.02. The van der Waals surface area contributed by atoms with Crippen molar-refractivity contribution in [2.45, 2.75) is 0 Å². The van der Waals surface area contributed by atoms with Crippen LogP contribution in [-0.2, 0) is 0 Å². The Kier molecular flexibility index (Phi) is 3.28. The minimum absolute atomic E-state index is 0.455. The Balaban J connectivity index is 1.72. The summed E-state index contributed by atoms with van der Waals surface area (Å²) in [6.45, 7) is 0. The number of nitrogens with one attached hydrogen (secondary N) is 3. The van der Waals surface area contributed by atoms with Crippen molar-refractivity contribution < 1.29 is 0 Å². The van der Waals surface area contributed by atoms with E-state index in [9.17, 15) is 0 Å². The van der Waals surface area contributed by atoms with Crippen LogP contribution < -0.4 is 10.6 Å². The quantitative estimate of drug-likeness (QED) is 0.536. The Bertz CT molecular complexity index is 919. The Morgan fingerprint density at radius 2 is 1.74 bits per heavy atom. The summed E-state index contributed by atoms with van der Waals surface area (Å²) in [5, 5.41) is 6.41. The van der Waals surface area contributed by atoms with Crippen LogP contribution >= 0.6 is 0 Å². The maximum absolute atomic E-state index is 4.53. The van der Waals surface area contributed by atoms with Gasteiger partial charge in [-0.2, -0.15) is 9.97 Å². The van der Waals surface area contributed by atoms with Gasteiger partial charge in [-0.25, -0.2) is 4.98 Å². The lowest BCUT2D eigenvalue weighted by atomic mass is 10.3. The Labute approximate surface area is 131 Å². The zero-order valence-electron chi connectivity index (χ0n) is 12.1. The van der Waals surface area contributed by atoms with Crippen molar-refractivity contribution in [2.24, 2.45) is 0 Å². The van der Waals surface area contributed by atoms with E-state index in [1.54, 1.807) is 18.7 Å². The molecular formula is C16H13N7. The maximum atomic E-state index is 4.53. The van der Waals surface area contributed by atoms with Crippen LogP contribution in [0.3, 0.4) is 0 Å². The van der Waals surface area contributed by atoms with Crippen molar-refractivity contribution in [3.05, 3.63) is 61.2 Å². The summed E-state index contributed by atoms with van der Waals surface area (Å²) >= 11 is 0. The highest BCUT2D eigenvalue weighted by Crippen LogP contribution is 2.23. The van der Waals surface area contributed by atoms with E-state index in [2.05, 4.69) is 35.6 Å². The molecule has 0 fully saturated rings. The number of benzene rings is 1. The summed E-state index contributed by atoms with van der Waals surface area (Å²) in [6, 6.07) is 13.6. The van der Waals surface area contributed by atoms with Gasteiger partial charge in [0.2, 0.25) is 5.95 Å². The molecule has 0 amide bonds. The molecule has 4 rings (SSSR count). The highest BCUT2D eigenvalue weighted by atomic mass is 15.2. The molecule has 0 saturated carbocycles. The predicted molar refractivity (Wildman–Crippen MR) is 88.9 cm³/mol. The van der Waals surface area contributed by atoms with Crippen molar-refractivity contribution in [1.29, 1.82) is 0 Å². The van der Waals surface area contributed by atoms with E-state index in [1.807, 2.05) is 42.5 Å². The highest BCUT2D eigenvalue weighted by Gasteiger charge is 2.10. The third kappa shape index (κ3) is 2.80. The van der Waals surface area contributed by atoms with Gasteiger partial charge in [-0.05, 0) is 24.3 Å². The average molecular weight is 303 g/mol. The number of hydrogen-bond donors (Lipinski definition) is 3. The molecular weight excluding hydrogens is 290 g/mol. The van der Waals surface area contributed by atoms with Crippen LogP contribution in [0.2, 0.25) is 0 Å². The van der Waals surface area contributed by atoms with E-state index in [0.29, 0.717) is 17.4 Å². The van der Waals surface area contributed by atoms with Gasteiger partial charge in [-0.1, -0.05) is 18.2 Å². The topological polar surface area (TPSA) is 91.4 Å². The Morgan fingerprint density at radius 3 is 2.57 bits per heavy atom. The fourth-order valence-corrected chi connectivity index (χ4v) is 2.20. The average Bonchev–Trinajstić information content (AvgIpc) is 3.05. The van der Waals surface area contributed by atoms with E-state index in [0.717, 1.165) is 16.9 Å². The largest absolute Gasteiger partial charge is 0.340 e. The number of aromatic amines is 1. The summed E-state index contributed by atoms with van der Waals surface area (Å²) in [7, 11) is 0. The van der Waals surface area contributed by atoms with Crippen molar-refractivity contribution in [2.75, 3.05) is 10.6 Å². The minimum atomic E-state index is 0.455. The SMILES string of the molecule is c1ccc(Nc2nc(Nc3cccnc3)nc3nc[nH]c23)cc1. The number of para-hydroxylation sites is 1. The first-order chi connectivity index (χ1) is 11.4. The van der Waals surface area contributed by atoms with E-state index < -0.39 is 0 Å². The third-order valence-electron chi connectivity index (χ3n) is 3.24. The summed E-state index contributed by atoms with van der Waals surface area (Å²) in [4.78, 5) is 20.3. The van der Waals surface area contributed by atoms with E-state index in [-0.39, 0.29) is 0 Å². The minimum Gasteiger partial charge on any atom is -0.340 e. The van der Waals surface area contributed by atoms with Gasteiger partial charge < -0.3 is 15.6 Å². The first kappa shape index (κ1) is 13.2. The van der Waals surface area contributed by atoms with E-state index in [1.165, 1.54) is 0 Å². The summed E-state index contributed by atoms with van der Waals surface area (Å²) < 4.78 is 0. The number of H-pyrrole nitrogens is 1. The summed E-state index contributed by atoms with van der Waals surface area (Å²) in [5.74, 6) is 1.11. The second kappa shape index (κ2) is 5.72. The molecule has 0 atom stereocenters. The van der Waals surface area contributed by atoms with Crippen molar-refractivity contribution in [3.8, 4) is 0 Å². The molecule has 4 aromatic rings. The maximum Gasteiger partial charge on any atom is 0.231 e. The zero-order chi connectivity index (χ0) is 15.5. The molecule has 7 nitrogen and oxygen atoms in total. The van der Waals surface area contributed by atoms with Crippen LogP contribution in [0.1, 0.15) is 0 Å². The molecule has 1 aromatic carbocycles. The molecule has 3 aromatic heterocycles. The van der Waals surface area contributed by atoms with Gasteiger partial charge >= 0.3 is 0 Å². The first-order valence-corrected chi connectivity index (χ1v) is 7.09. The molecule has 112 valence electrons. The lowest BCUT2D eigenvalue weighted by Gasteiger charge is -2.09. The molecule has 3 heterocycles. The molecule has 0 aliphatic heterocycles. The van der Waals surface area contributed by atoms with Crippen LogP contribution in [0.5, 0.6) is 0 Å². The second-order valence-electron chi connectivity index (χ2n) is 4.85. The van der Waals surface area contributed by atoms with Crippen LogP contribution in [0.4, 0.5) is 23.1 Å². The molecule has 23 heavy (non-hydrogen) atoms. The number of rotatable bonds is 4. The highest BCUT2D eigenvalue weighted by molar-refractivity contribution is 5.86. The molecule has 0 saturated heterocycles. The molecule has 0 aliphatic carbocycles. The van der Waals surface area contributed by atoms with Gasteiger partial charge in [-0.15, -0.1) is 0 Å². The van der Waals surface area contributed by atoms with Gasteiger partial charge in [0.1, 0.15) is 5.52 Å². The Hall–Kier alpha value is -3.48. The Morgan fingerprint density at radius 1 is 0.870 bits per heavy atom. The summed E-state index contributed by atoms with van der Waals surface area (Å²) in [6.07, 6.45) is 5.02. The van der Waals surface area contributed by atoms with Crippen molar-refractivity contribution in [3.63, 3.8) is 0 Å². The molecule has 0 bridgehead atoms. The standard InChI is InChI=1S/C16H13N7/c1-2-5-11(6-3-1)20-15-13-14(19-10-18-13)22-16(23-15)21-12-7-4-8-17-9-12/h1-10H,(H3,18,19,20,21,22,23). The number of anilines is 4. The summed E-state index contributed by atoms with van der Waals surface area (Å²) in [5.41, 5.74) is 3.10. The number of nitrogens with zero attached hydrogens (tertiary/aromatic N) is 4. The van der Waals surface area contributed by atoms with Crippen LogP contribution in [0, 0.1) is 0 Å². The number of pyridine rings is 1.